The number of sulfonamides is 1. The first-order valence-corrected chi connectivity index (χ1v) is 15.1. The molecule has 13 heteroatoms. The molecule has 0 bridgehead atoms. The number of primary sulfonamides is 1. The van der Waals surface area contributed by atoms with Gasteiger partial charge in [0.15, 0.2) is 15.1 Å². The Bertz CT molecular complexity index is 1450. The number of aromatic nitrogens is 1. The zero-order chi connectivity index (χ0) is 25.8. The molecule has 0 aliphatic heterocycles. The molecule has 3 aromatic rings. The molecule has 2 amide bonds. The Morgan fingerprint density at radius 2 is 1.66 bits per heavy atom. The number of benzene rings is 2. The summed E-state index contributed by atoms with van der Waals surface area (Å²) in [5.74, 6) is -1.53. The number of rotatable bonds is 10. The molecule has 3 rings (SSSR count). The molecule has 1 aromatic heterocycles. The number of fused-ring (bicyclic) bond motifs is 1. The molecule has 0 spiro atoms. The highest BCUT2D eigenvalue weighted by Crippen LogP contribution is 2.33. The predicted octanol–water partition coefficient (Wildman–Crippen LogP) is 1.59. The van der Waals surface area contributed by atoms with Crippen LogP contribution < -0.4 is 15.8 Å². The number of sulfone groups is 1. The molecule has 1 atom stereocenters. The second-order valence-electron chi connectivity index (χ2n) is 7.94. The molecule has 0 saturated heterocycles. The van der Waals surface area contributed by atoms with E-state index in [1.807, 2.05) is 25.1 Å². The van der Waals surface area contributed by atoms with Gasteiger partial charge in [-0.1, -0.05) is 25.1 Å². The summed E-state index contributed by atoms with van der Waals surface area (Å²) in [6.45, 7) is 2.26. The molecule has 35 heavy (non-hydrogen) atoms. The zero-order valence-corrected chi connectivity index (χ0v) is 21.6. The van der Waals surface area contributed by atoms with Crippen LogP contribution in [0.5, 0.6) is 0 Å². The van der Waals surface area contributed by atoms with E-state index < -0.39 is 36.8 Å². The molecule has 4 N–H and O–H groups in total. The van der Waals surface area contributed by atoms with E-state index in [2.05, 4.69) is 15.6 Å². The van der Waals surface area contributed by atoms with Crippen molar-refractivity contribution in [2.45, 2.75) is 18.6 Å². The lowest BCUT2D eigenvalue weighted by molar-refractivity contribution is -0.120. The third-order valence-corrected chi connectivity index (χ3v) is 8.31. The fourth-order valence-corrected chi connectivity index (χ4v) is 6.17. The highest BCUT2D eigenvalue weighted by molar-refractivity contribution is 7.91. The van der Waals surface area contributed by atoms with E-state index in [-0.39, 0.29) is 17.5 Å². The van der Waals surface area contributed by atoms with Crippen molar-refractivity contribution in [2.24, 2.45) is 5.14 Å². The molecule has 2 aromatic carbocycles. The zero-order valence-electron chi connectivity index (χ0n) is 19.1. The van der Waals surface area contributed by atoms with Gasteiger partial charge in [-0.3, -0.25) is 9.59 Å². The maximum atomic E-state index is 12.6. The lowest BCUT2D eigenvalue weighted by Gasteiger charge is -2.12. The first-order valence-electron chi connectivity index (χ1n) is 10.6. The van der Waals surface area contributed by atoms with Gasteiger partial charge in [-0.15, -0.1) is 11.3 Å². The highest BCUT2D eigenvalue weighted by atomic mass is 32.2. The standard InChI is InChI=1S/C22H26N4O6S3/c1-3-10-24-20(27)15-6-4-14(5-7-15)16-8-9-18-17(13-16)26-22(33-18)19(34(2,29)30)21(28)25-11-12-35(23,31)32/h4-9,13,19H,3,10-12H2,1-2H3,(H,24,27)(H,25,28)(H2,23,31,32). The Morgan fingerprint density at radius 3 is 2.26 bits per heavy atom. The lowest BCUT2D eigenvalue weighted by atomic mass is 10.0. The van der Waals surface area contributed by atoms with Gasteiger partial charge in [0.1, 0.15) is 5.01 Å². The Balaban J connectivity index is 1.86. The number of nitrogens with two attached hydrogens (primary N) is 1. The summed E-state index contributed by atoms with van der Waals surface area (Å²) in [7, 11) is -7.70. The van der Waals surface area contributed by atoms with Gasteiger partial charge < -0.3 is 10.6 Å². The molecule has 0 fully saturated rings. The Morgan fingerprint density at radius 1 is 1.00 bits per heavy atom. The molecule has 1 heterocycles. The van der Waals surface area contributed by atoms with Crippen molar-refractivity contribution in [3.8, 4) is 11.1 Å². The number of nitrogens with zero attached hydrogens (tertiary/aromatic N) is 1. The van der Waals surface area contributed by atoms with E-state index >= 15 is 0 Å². The van der Waals surface area contributed by atoms with Crippen molar-refractivity contribution in [2.75, 3.05) is 25.1 Å². The topological polar surface area (TPSA) is 165 Å². The number of amides is 2. The minimum absolute atomic E-state index is 0.0794. The molecule has 188 valence electrons. The van der Waals surface area contributed by atoms with Crippen LogP contribution in [0.25, 0.3) is 21.3 Å². The average molecular weight is 539 g/mol. The molecule has 1 unspecified atom stereocenters. The van der Waals surface area contributed by atoms with Crippen LogP contribution in [0.4, 0.5) is 0 Å². The summed E-state index contributed by atoms with van der Waals surface area (Å²) in [4.78, 5) is 29.1. The van der Waals surface area contributed by atoms with E-state index in [0.717, 1.165) is 35.1 Å². The molecule has 0 saturated carbocycles. The van der Waals surface area contributed by atoms with Crippen molar-refractivity contribution in [1.82, 2.24) is 15.6 Å². The van der Waals surface area contributed by atoms with E-state index in [4.69, 9.17) is 5.14 Å². The van der Waals surface area contributed by atoms with Gasteiger partial charge in [-0.25, -0.2) is 27.0 Å². The van der Waals surface area contributed by atoms with Gasteiger partial charge in [0.05, 0.1) is 16.0 Å². The summed E-state index contributed by atoms with van der Waals surface area (Å²) in [5, 5.41) is 8.55. The first kappa shape index (κ1) is 26.7. The number of nitrogens with one attached hydrogen (secondary N) is 2. The van der Waals surface area contributed by atoms with E-state index in [1.165, 1.54) is 0 Å². The van der Waals surface area contributed by atoms with Gasteiger partial charge in [0, 0.05) is 24.9 Å². The largest absolute Gasteiger partial charge is 0.354 e. The predicted molar refractivity (Wildman–Crippen MR) is 136 cm³/mol. The minimum Gasteiger partial charge on any atom is -0.354 e. The second kappa shape index (κ2) is 10.8. The van der Waals surface area contributed by atoms with Crippen LogP contribution in [-0.2, 0) is 24.7 Å². The molecule has 0 aliphatic carbocycles. The number of thiazole rings is 1. The summed E-state index contributed by atoms with van der Waals surface area (Å²) < 4.78 is 47.6. The maximum absolute atomic E-state index is 12.6. The SMILES string of the molecule is CCCNC(=O)c1ccc(-c2ccc3sc(C(C(=O)NCCS(N)(=O)=O)S(C)(=O)=O)nc3c2)cc1. The van der Waals surface area contributed by atoms with Gasteiger partial charge in [-0.2, -0.15) is 0 Å². The summed E-state index contributed by atoms with van der Waals surface area (Å²) >= 11 is 1.07. The quantitative estimate of drug-likeness (QED) is 0.352. The average Bonchev–Trinajstić information content (AvgIpc) is 3.18. The molecule has 0 radical (unpaired) electrons. The van der Waals surface area contributed by atoms with Crippen LogP contribution in [0.3, 0.4) is 0 Å². The molecule has 10 nitrogen and oxygen atoms in total. The Labute approximate surface area is 207 Å². The highest BCUT2D eigenvalue weighted by Gasteiger charge is 2.34. The normalized spacial score (nSPS) is 12.9. The second-order valence-corrected chi connectivity index (χ2v) is 12.9. The number of carbonyl (C=O) groups is 2. The summed E-state index contributed by atoms with van der Waals surface area (Å²) in [6.07, 6.45) is 1.77. The fourth-order valence-electron chi connectivity index (χ4n) is 3.29. The van der Waals surface area contributed by atoms with Crippen molar-refractivity contribution in [1.29, 1.82) is 0 Å². The first-order chi connectivity index (χ1) is 16.4. The van der Waals surface area contributed by atoms with E-state index in [1.54, 1.807) is 24.3 Å². The van der Waals surface area contributed by atoms with Crippen molar-refractivity contribution in [3.63, 3.8) is 0 Å². The summed E-state index contributed by atoms with van der Waals surface area (Å²) in [6, 6.07) is 12.5. The van der Waals surface area contributed by atoms with Crippen LogP contribution in [0.1, 0.15) is 34.0 Å². The van der Waals surface area contributed by atoms with E-state index in [0.29, 0.717) is 22.3 Å². The molecular formula is C22H26N4O6S3. The van der Waals surface area contributed by atoms with Crippen molar-refractivity contribution >= 4 is 53.2 Å². The van der Waals surface area contributed by atoms with Crippen LogP contribution in [-0.4, -0.2) is 58.7 Å². The van der Waals surface area contributed by atoms with Crippen LogP contribution in [0, 0.1) is 0 Å². The molecular weight excluding hydrogens is 512 g/mol. The number of carbonyl (C=O) groups excluding carboxylic acids is 2. The van der Waals surface area contributed by atoms with Gasteiger partial charge in [0.2, 0.25) is 15.9 Å². The Hall–Kier alpha value is -2.87. The van der Waals surface area contributed by atoms with Crippen LogP contribution in [0.15, 0.2) is 42.5 Å². The number of hydrogen-bond donors (Lipinski definition) is 3. The van der Waals surface area contributed by atoms with Gasteiger partial charge >= 0.3 is 0 Å². The fraction of sp³-hybridized carbons (Fsp3) is 0.318. The van der Waals surface area contributed by atoms with Gasteiger partial charge in [-0.05, 0) is 41.8 Å². The van der Waals surface area contributed by atoms with Gasteiger partial charge in [0.25, 0.3) is 5.91 Å². The van der Waals surface area contributed by atoms with Crippen molar-refractivity contribution < 1.29 is 26.4 Å². The summed E-state index contributed by atoms with van der Waals surface area (Å²) in [5.41, 5.74) is 2.71. The van der Waals surface area contributed by atoms with Crippen LogP contribution in [0.2, 0.25) is 0 Å². The Kier molecular flexibility index (Phi) is 8.26. The third-order valence-electron chi connectivity index (χ3n) is 5.00. The van der Waals surface area contributed by atoms with E-state index in [9.17, 15) is 26.4 Å². The molecule has 0 aliphatic rings. The smallest absolute Gasteiger partial charge is 0.251 e. The maximum Gasteiger partial charge on any atom is 0.251 e. The third kappa shape index (κ3) is 7.07. The monoisotopic (exact) mass is 538 g/mol. The van der Waals surface area contributed by atoms with Crippen molar-refractivity contribution in [3.05, 3.63) is 53.0 Å². The minimum atomic E-state index is -3.90. The van der Waals surface area contributed by atoms with Crippen LogP contribution >= 0.6 is 11.3 Å². The number of hydrogen-bond acceptors (Lipinski definition) is 8. The lowest BCUT2D eigenvalue weighted by Crippen LogP contribution is -2.37.